The lowest BCUT2D eigenvalue weighted by Gasteiger charge is -2.19. The monoisotopic (exact) mass is 477 g/mol. The zero-order chi connectivity index (χ0) is 25.4. The number of aliphatic hydroxyl groups is 1. The molecule has 0 saturated heterocycles. The molecule has 0 aliphatic carbocycles. The number of aryl methyl sites for hydroxylation is 1. The summed E-state index contributed by atoms with van der Waals surface area (Å²) in [5, 5.41) is 16.0. The van der Waals surface area contributed by atoms with Crippen LogP contribution in [0.25, 0.3) is 17.1 Å². The standard InChI is InChI=1S/C27H35N5O3/c1-27(2,3)19-12-14-20(15-13-19)32-21(17-24(31-32)23-10-7-8-16-29-23)9-5-4-6-11-25(34)30-26(35)22(28)18-33/h7-8,10,12-17,22,33H,4-6,9,11,18,28H2,1-3H3,(H,30,34,35). The van der Waals surface area contributed by atoms with Crippen LogP contribution >= 0.6 is 0 Å². The molecule has 8 nitrogen and oxygen atoms in total. The first-order valence-corrected chi connectivity index (χ1v) is 12.0. The number of benzene rings is 1. The highest BCUT2D eigenvalue weighted by Gasteiger charge is 2.17. The summed E-state index contributed by atoms with van der Waals surface area (Å²) in [6.07, 6.45) is 5.11. The van der Waals surface area contributed by atoms with Crippen LogP contribution in [0.1, 0.15) is 57.7 Å². The molecule has 1 atom stereocenters. The van der Waals surface area contributed by atoms with Crippen molar-refractivity contribution in [2.45, 2.75) is 64.3 Å². The zero-order valence-corrected chi connectivity index (χ0v) is 20.7. The van der Waals surface area contributed by atoms with Crippen molar-refractivity contribution < 1.29 is 14.7 Å². The lowest BCUT2D eigenvalue weighted by molar-refractivity contribution is -0.131. The number of amides is 2. The highest BCUT2D eigenvalue weighted by molar-refractivity contribution is 5.97. The molecule has 0 radical (unpaired) electrons. The predicted molar refractivity (Wildman–Crippen MR) is 136 cm³/mol. The van der Waals surface area contributed by atoms with Crippen LogP contribution < -0.4 is 11.1 Å². The fraction of sp³-hybridized carbons (Fsp3) is 0.407. The summed E-state index contributed by atoms with van der Waals surface area (Å²) in [6, 6.07) is 15.2. The van der Waals surface area contributed by atoms with Crippen molar-refractivity contribution in [1.29, 1.82) is 0 Å². The van der Waals surface area contributed by atoms with Crippen LogP contribution in [0, 0.1) is 0 Å². The van der Waals surface area contributed by atoms with E-state index in [1.807, 2.05) is 22.9 Å². The number of pyridine rings is 1. The molecule has 0 aliphatic rings. The first-order valence-electron chi connectivity index (χ1n) is 12.0. The van der Waals surface area contributed by atoms with Gasteiger partial charge in [0.1, 0.15) is 11.7 Å². The average Bonchev–Trinajstić information content (AvgIpc) is 3.27. The largest absolute Gasteiger partial charge is 0.394 e. The Hall–Kier alpha value is -3.36. The molecule has 35 heavy (non-hydrogen) atoms. The van der Waals surface area contributed by atoms with E-state index in [1.165, 1.54) is 5.56 Å². The number of imide groups is 1. The van der Waals surface area contributed by atoms with Gasteiger partial charge in [-0.1, -0.05) is 45.4 Å². The molecule has 1 unspecified atom stereocenters. The van der Waals surface area contributed by atoms with Gasteiger partial charge in [0.05, 0.1) is 18.0 Å². The molecular weight excluding hydrogens is 442 g/mol. The summed E-state index contributed by atoms with van der Waals surface area (Å²) in [5.74, 6) is -1.03. The van der Waals surface area contributed by atoms with Gasteiger partial charge in [-0.2, -0.15) is 5.10 Å². The SMILES string of the molecule is CC(C)(C)c1ccc(-n2nc(-c3ccccn3)cc2CCCCCC(=O)NC(=O)C(N)CO)cc1. The van der Waals surface area contributed by atoms with Gasteiger partial charge < -0.3 is 10.8 Å². The molecule has 3 rings (SSSR count). The third kappa shape index (κ3) is 7.31. The summed E-state index contributed by atoms with van der Waals surface area (Å²) in [6.45, 7) is 6.08. The van der Waals surface area contributed by atoms with Crippen molar-refractivity contribution in [3.8, 4) is 17.1 Å². The van der Waals surface area contributed by atoms with Crippen LogP contribution in [0.5, 0.6) is 0 Å². The van der Waals surface area contributed by atoms with Gasteiger partial charge in [0.25, 0.3) is 0 Å². The average molecular weight is 478 g/mol. The van der Waals surface area contributed by atoms with E-state index in [4.69, 9.17) is 15.9 Å². The van der Waals surface area contributed by atoms with E-state index in [0.29, 0.717) is 6.42 Å². The Bertz CT molecular complexity index is 1120. The van der Waals surface area contributed by atoms with Crippen LogP contribution in [0.2, 0.25) is 0 Å². The summed E-state index contributed by atoms with van der Waals surface area (Å²) < 4.78 is 1.97. The van der Waals surface area contributed by atoms with Gasteiger partial charge in [-0.15, -0.1) is 0 Å². The molecule has 1 aromatic carbocycles. The Morgan fingerprint density at radius 2 is 1.80 bits per heavy atom. The van der Waals surface area contributed by atoms with Gasteiger partial charge in [0, 0.05) is 18.3 Å². The number of unbranched alkanes of at least 4 members (excludes halogenated alkanes) is 2. The molecule has 186 valence electrons. The van der Waals surface area contributed by atoms with Crippen molar-refractivity contribution in [1.82, 2.24) is 20.1 Å². The molecule has 0 saturated carbocycles. The second kappa shape index (κ2) is 11.9. The van der Waals surface area contributed by atoms with Crippen LogP contribution in [0.15, 0.2) is 54.7 Å². The fourth-order valence-electron chi connectivity index (χ4n) is 3.71. The van der Waals surface area contributed by atoms with E-state index >= 15 is 0 Å². The molecule has 0 fully saturated rings. The topological polar surface area (TPSA) is 123 Å². The number of nitrogens with one attached hydrogen (secondary N) is 1. The van der Waals surface area contributed by atoms with Crippen LogP contribution in [0.4, 0.5) is 0 Å². The first-order chi connectivity index (χ1) is 16.7. The number of rotatable bonds is 10. The number of hydrogen-bond acceptors (Lipinski definition) is 6. The second-order valence-electron chi connectivity index (χ2n) is 9.71. The zero-order valence-electron chi connectivity index (χ0n) is 20.7. The Morgan fingerprint density at radius 1 is 1.06 bits per heavy atom. The van der Waals surface area contributed by atoms with Gasteiger partial charge in [-0.25, -0.2) is 4.68 Å². The quantitative estimate of drug-likeness (QED) is 0.385. The van der Waals surface area contributed by atoms with Gasteiger partial charge >= 0.3 is 0 Å². The number of carbonyl (C=O) groups excluding carboxylic acids is 2. The predicted octanol–water partition coefficient (Wildman–Crippen LogP) is 3.30. The normalized spacial score (nSPS) is 12.4. The number of nitrogens with two attached hydrogens (primary N) is 1. The third-order valence-corrected chi connectivity index (χ3v) is 5.82. The lowest BCUT2D eigenvalue weighted by Crippen LogP contribution is -2.45. The molecule has 2 amide bonds. The van der Waals surface area contributed by atoms with Crippen LogP contribution in [-0.4, -0.2) is 44.3 Å². The van der Waals surface area contributed by atoms with Crippen LogP contribution in [-0.2, 0) is 21.4 Å². The molecule has 0 aliphatic heterocycles. The second-order valence-corrected chi connectivity index (χ2v) is 9.71. The van der Waals surface area contributed by atoms with E-state index < -0.39 is 18.6 Å². The molecule has 2 aromatic heterocycles. The van der Waals surface area contributed by atoms with Gasteiger partial charge in [-0.05, 0) is 60.6 Å². The maximum atomic E-state index is 11.9. The van der Waals surface area contributed by atoms with E-state index in [1.54, 1.807) is 6.20 Å². The van der Waals surface area contributed by atoms with Crippen molar-refractivity contribution in [3.05, 3.63) is 66.0 Å². The Morgan fingerprint density at radius 3 is 2.43 bits per heavy atom. The minimum absolute atomic E-state index is 0.0741. The molecular formula is C27H35N5O3. The Balaban J connectivity index is 1.66. The minimum Gasteiger partial charge on any atom is -0.394 e. The highest BCUT2D eigenvalue weighted by Crippen LogP contribution is 2.25. The van der Waals surface area contributed by atoms with E-state index in [-0.39, 0.29) is 17.7 Å². The molecule has 4 N–H and O–H groups in total. The highest BCUT2D eigenvalue weighted by atomic mass is 16.3. The van der Waals surface area contributed by atoms with Crippen molar-refractivity contribution >= 4 is 11.8 Å². The summed E-state index contributed by atoms with van der Waals surface area (Å²) in [5.41, 5.74) is 10.5. The smallest absolute Gasteiger partial charge is 0.245 e. The van der Waals surface area contributed by atoms with E-state index in [9.17, 15) is 9.59 Å². The molecule has 0 bridgehead atoms. The first kappa shape index (κ1) is 26.2. The van der Waals surface area contributed by atoms with Gasteiger partial charge in [-0.3, -0.25) is 19.9 Å². The van der Waals surface area contributed by atoms with Crippen molar-refractivity contribution in [3.63, 3.8) is 0 Å². The van der Waals surface area contributed by atoms with Crippen molar-refractivity contribution in [2.75, 3.05) is 6.61 Å². The molecule has 2 heterocycles. The number of aliphatic hydroxyl groups excluding tert-OH is 1. The lowest BCUT2D eigenvalue weighted by atomic mass is 9.87. The van der Waals surface area contributed by atoms with E-state index in [0.717, 1.165) is 42.0 Å². The molecule has 8 heteroatoms. The third-order valence-electron chi connectivity index (χ3n) is 5.82. The number of hydrogen-bond donors (Lipinski definition) is 3. The maximum absolute atomic E-state index is 11.9. The van der Waals surface area contributed by atoms with Gasteiger partial charge in [0.15, 0.2) is 0 Å². The minimum atomic E-state index is -1.08. The van der Waals surface area contributed by atoms with Crippen LogP contribution in [0.3, 0.4) is 0 Å². The fourth-order valence-corrected chi connectivity index (χ4v) is 3.71. The molecule has 0 spiro atoms. The number of aromatic nitrogens is 3. The number of carbonyl (C=O) groups is 2. The van der Waals surface area contributed by atoms with Gasteiger partial charge in [0.2, 0.25) is 11.8 Å². The summed E-state index contributed by atoms with van der Waals surface area (Å²) in [7, 11) is 0. The van der Waals surface area contributed by atoms with E-state index in [2.05, 4.69) is 61.4 Å². The Labute approximate surface area is 206 Å². The Kier molecular flexibility index (Phi) is 8.89. The molecule has 3 aromatic rings. The summed E-state index contributed by atoms with van der Waals surface area (Å²) in [4.78, 5) is 28.0. The maximum Gasteiger partial charge on any atom is 0.245 e. The number of nitrogens with zero attached hydrogens (tertiary/aromatic N) is 3. The van der Waals surface area contributed by atoms with Crippen molar-refractivity contribution in [2.24, 2.45) is 5.73 Å². The summed E-state index contributed by atoms with van der Waals surface area (Å²) >= 11 is 0.